The summed E-state index contributed by atoms with van der Waals surface area (Å²) >= 11 is 1.86. The van der Waals surface area contributed by atoms with Gasteiger partial charge in [0.05, 0.1) is 5.56 Å². The molecule has 5 heteroatoms. The number of nitrogens with zero attached hydrogens (tertiary/aromatic N) is 1. The van der Waals surface area contributed by atoms with Gasteiger partial charge in [-0.15, -0.1) is 0 Å². The Balaban J connectivity index is 1.93. The fourth-order valence-corrected chi connectivity index (χ4v) is 3.62. The van der Waals surface area contributed by atoms with E-state index < -0.39 is 0 Å². The van der Waals surface area contributed by atoms with Gasteiger partial charge in [0, 0.05) is 24.0 Å². The number of nitrogens with one attached hydrogen (secondary N) is 2. The molecule has 2 rings (SSSR count). The van der Waals surface area contributed by atoms with E-state index in [1.807, 2.05) is 23.9 Å². The van der Waals surface area contributed by atoms with Gasteiger partial charge in [0.1, 0.15) is 5.82 Å². The monoisotopic (exact) mass is 307 g/mol. The zero-order valence-electron chi connectivity index (χ0n) is 12.9. The molecule has 1 aliphatic carbocycles. The van der Waals surface area contributed by atoms with Gasteiger partial charge in [0.15, 0.2) is 0 Å². The van der Waals surface area contributed by atoms with Crippen LogP contribution in [0.1, 0.15) is 49.4 Å². The number of hydrogen-bond acceptors (Lipinski definition) is 4. The first-order valence-corrected chi connectivity index (χ1v) is 9.07. The fraction of sp³-hybridized carbons (Fsp3) is 0.625. The van der Waals surface area contributed by atoms with Gasteiger partial charge in [-0.1, -0.05) is 19.8 Å². The highest BCUT2D eigenvalue weighted by Gasteiger charge is 2.26. The number of amides is 1. The average Bonchev–Trinajstić information content (AvgIpc) is 2.54. The van der Waals surface area contributed by atoms with Crippen molar-refractivity contribution in [2.45, 2.75) is 50.3 Å². The van der Waals surface area contributed by atoms with E-state index in [1.54, 1.807) is 6.20 Å². The van der Waals surface area contributed by atoms with E-state index in [9.17, 15) is 4.79 Å². The Morgan fingerprint density at radius 3 is 2.86 bits per heavy atom. The summed E-state index contributed by atoms with van der Waals surface area (Å²) in [5.74, 6) is 0.823. The highest BCUT2D eigenvalue weighted by molar-refractivity contribution is 7.99. The molecule has 2 atom stereocenters. The number of carbonyl (C=O) groups excluding carboxylic acids is 1. The number of carbonyl (C=O) groups is 1. The van der Waals surface area contributed by atoms with Gasteiger partial charge in [-0.2, -0.15) is 11.8 Å². The molecule has 1 aliphatic rings. The minimum atomic E-state index is -0.00417. The van der Waals surface area contributed by atoms with Crippen LogP contribution < -0.4 is 10.6 Å². The quantitative estimate of drug-likeness (QED) is 0.846. The van der Waals surface area contributed by atoms with Crippen LogP contribution in [-0.4, -0.2) is 35.0 Å². The Kier molecular flexibility index (Phi) is 6.36. The topological polar surface area (TPSA) is 54.0 Å². The van der Waals surface area contributed by atoms with Crippen molar-refractivity contribution in [1.82, 2.24) is 10.3 Å². The molecule has 0 bridgehead atoms. The van der Waals surface area contributed by atoms with Gasteiger partial charge in [0.25, 0.3) is 5.91 Å². The second-order valence-electron chi connectivity index (χ2n) is 5.50. The maximum absolute atomic E-state index is 12.3. The van der Waals surface area contributed by atoms with Crippen molar-refractivity contribution >= 4 is 23.5 Å². The van der Waals surface area contributed by atoms with Gasteiger partial charge in [-0.25, -0.2) is 4.98 Å². The number of rotatable bonds is 6. The van der Waals surface area contributed by atoms with E-state index in [2.05, 4.69) is 28.8 Å². The summed E-state index contributed by atoms with van der Waals surface area (Å²) in [7, 11) is 0. The molecule has 1 amide bonds. The van der Waals surface area contributed by atoms with Crippen LogP contribution in [0, 0.1) is 0 Å². The molecule has 4 nitrogen and oxygen atoms in total. The van der Waals surface area contributed by atoms with Crippen LogP contribution in [0.2, 0.25) is 0 Å². The van der Waals surface area contributed by atoms with E-state index in [1.165, 1.54) is 19.3 Å². The largest absolute Gasteiger partial charge is 0.370 e. The number of pyridine rings is 1. The predicted molar refractivity (Wildman–Crippen MR) is 90.0 cm³/mol. The van der Waals surface area contributed by atoms with Crippen molar-refractivity contribution < 1.29 is 4.79 Å². The SMILES string of the molecule is CCCNc1ccc(C(=O)NC2CCCCC2SC)cn1. The number of aromatic nitrogens is 1. The van der Waals surface area contributed by atoms with Crippen LogP contribution in [0.15, 0.2) is 18.3 Å². The number of anilines is 1. The maximum atomic E-state index is 12.3. The molecule has 0 spiro atoms. The molecule has 1 aromatic rings. The summed E-state index contributed by atoms with van der Waals surface area (Å²) in [4.78, 5) is 16.6. The van der Waals surface area contributed by atoms with Crippen molar-refractivity contribution in [2.75, 3.05) is 18.1 Å². The zero-order valence-corrected chi connectivity index (χ0v) is 13.7. The van der Waals surface area contributed by atoms with Crippen LogP contribution >= 0.6 is 11.8 Å². The second-order valence-corrected chi connectivity index (χ2v) is 6.57. The predicted octanol–water partition coefficient (Wildman–Crippen LogP) is 3.31. The third-order valence-electron chi connectivity index (χ3n) is 3.90. The molecule has 2 N–H and O–H groups in total. The summed E-state index contributed by atoms with van der Waals surface area (Å²) in [6.45, 7) is 3.01. The highest BCUT2D eigenvalue weighted by atomic mass is 32.2. The Hall–Kier alpha value is -1.23. The minimum absolute atomic E-state index is 0.00417. The van der Waals surface area contributed by atoms with Gasteiger partial charge in [-0.05, 0) is 37.7 Å². The van der Waals surface area contributed by atoms with Gasteiger partial charge in [-0.3, -0.25) is 4.79 Å². The summed E-state index contributed by atoms with van der Waals surface area (Å²) in [6.07, 6.45) is 9.61. The van der Waals surface area contributed by atoms with Gasteiger partial charge < -0.3 is 10.6 Å². The lowest BCUT2D eigenvalue weighted by Gasteiger charge is -2.30. The van der Waals surface area contributed by atoms with Crippen LogP contribution in [-0.2, 0) is 0 Å². The smallest absolute Gasteiger partial charge is 0.253 e. The summed E-state index contributed by atoms with van der Waals surface area (Å²) in [6, 6.07) is 4.01. The molecule has 0 radical (unpaired) electrons. The molecule has 1 heterocycles. The normalized spacial score (nSPS) is 21.8. The molecular formula is C16H25N3OS. The van der Waals surface area contributed by atoms with Crippen molar-refractivity contribution in [3.05, 3.63) is 23.9 Å². The van der Waals surface area contributed by atoms with Crippen LogP contribution in [0.25, 0.3) is 0 Å². The molecular weight excluding hydrogens is 282 g/mol. The van der Waals surface area contributed by atoms with Crippen molar-refractivity contribution in [1.29, 1.82) is 0 Å². The third kappa shape index (κ3) is 4.63. The van der Waals surface area contributed by atoms with Crippen molar-refractivity contribution in [2.24, 2.45) is 0 Å². The van der Waals surface area contributed by atoms with Crippen LogP contribution in [0.3, 0.4) is 0 Å². The number of thioether (sulfide) groups is 1. The fourth-order valence-electron chi connectivity index (χ4n) is 2.68. The van der Waals surface area contributed by atoms with E-state index in [0.717, 1.165) is 25.2 Å². The molecule has 0 saturated heterocycles. The van der Waals surface area contributed by atoms with Crippen LogP contribution in [0.4, 0.5) is 5.82 Å². The molecule has 1 fully saturated rings. The first-order chi connectivity index (χ1) is 10.2. The molecule has 21 heavy (non-hydrogen) atoms. The van der Waals surface area contributed by atoms with E-state index in [4.69, 9.17) is 0 Å². The Morgan fingerprint density at radius 2 is 2.19 bits per heavy atom. The standard InChI is InChI=1S/C16H25N3OS/c1-3-10-17-15-9-8-12(11-18-15)16(20)19-13-6-4-5-7-14(13)21-2/h8-9,11,13-14H,3-7,10H2,1-2H3,(H,17,18)(H,19,20). The number of hydrogen-bond donors (Lipinski definition) is 2. The van der Waals surface area contributed by atoms with Crippen molar-refractivity contribution in [3.8, 4) is 0 Å². The molecule has 0 aromatic carbocycles. The van der Waals surface area contributed by atoms with E-state index >= 15 is 0 Å². The molecule has 116 valence electrons. The van der Waals surface area contributed by atoms with Gasteiger partial charge in [0.2, 0.25) is 0 Å². The summed E-state index contributed by atoms with van der Waals surface area (Å²) < 4.78 is 0. The average molecular weight is 307 g/mol. The lowest BCUT2D eigenvalue weighted by molar-refractivity contribution is 0.0929. The first kappa shape index (κ1) is 16.1. The maximum Gasteiger partial charge on any atom is 0.253 e. The minimum Gasteiger partial charge on any atom is -0.370 e. The lowest BCUT2D eigenvalue weighted by Crippen LogP contribution is -2.43. The molecule has 0 aliphatic heterocycles. The van der Waals surface area contributed by atoms with Crippen LogP contribution in [0.5, 0.6) is 0 Å². The summed E-state index contributed by atoms with van der Waals surface area (Å²) in [5, 5.41) is 6.93. The van der Waals surface area contributed by atoms with Gasteiger partial charge >= 0.3 is 0 Å². The molecule has 2 unspecified atom stereocenters. The molecule has 1 saturated carbocycles. The Bertz CT molecular complexity index is 449. The van der Waals surface area contributed by atoms with E-state index in [0.29, 0.717) is 16.9 Å². The van der Waals surface area contributed by atoms with Crippen molar-refractivity contribution in [3.63, 3.8) is 0 Å². The Morgan fingerprint density at radius 1 is 1.38 bits per heavy atom. The second kappa shape index (κ2) is 8.27. The van der Waals surface area contributed by atoms with E-state index in [-0.39, 0.29) is 5.91 Å². The highest BCUT2D eigenvalue weighted by Crippen LogP contribution is 2.27. The molecule has 1 aromatic heterocycles. The third-order valence-corrected chi connectivity index (χ3v) is 5.07. The Labute approximate surface area is 131 Å². The summed E-state index contributed by atoms with van der Waals surface area (Å²) in [5.41, 5.74) is 0.641. The first-order valence-electron chi connectivity index (χ1n) is 7.78. The zero-order chi connectivity index (χ0) is 15.1. The lowest BCUT2D eigenvalue weighted by atomic mass is 9.94.